The zero-order valence-electron chi connectivity index (χ0n) is 15.6. The number of hydrogen-bond acceptors (Lipinski definition) is 5. The minimum atomic E-state index is -0.167. The molecule has 1 atom stereocenters. The Morgan fingerprint density at radius 2 is 2.04 bits per heavy atom. The third kappa shape index (κ3) is 3.15. The van der Waals surface area contributed by atoms with Gasteiger partial charge in [0, 0.05) is 30.4 Å². The van der Waals surface area contributed by atoms with Crippen LogP contribution in [0.3, 0.4) is 0 Å². The van der Waals surface area contributed by atoms with Crippen LogP contribution in [0.5, 0.6) is 0 Å². The highest BCUT2D eigenvalue weighted by Gasteiger charge is 2.32. The Labute approximate surface area is 156 Å². The summed E-state index contributed by atoms with van der Waals surface area (Å²) in [7, 11) is 0. The highest BCUT2D eigenvalue weighted by molar-refractivity contribution is 5.91. The van der Waals surface area contributed by atoms with Crippen molar-refractivity contribution in [2.45, 2.75) is 52.0 Å². The number of hydrogen-bond donors (Lipinski definition) is 1. The normalized spacial score (nSPS) is 17.6. The molecule has 142 valence electrons. The molecule has 3 aromatic rings. The minimum absolute atomic E-state index is 0.139. The Morgan fingerprint density at radius 3 is 2.78 bits per heavy atom. The fourth-order valence-electron chi connectivity index (χ4n) is 3.63. The number of aryl methyl sites for hydroxylation is 2. The van der Waals surface area contributed by atoms with E-state index in [2.05, 4.69) is 15.2 Å². The van der Waals surface area contributed by atoms with Gasteiger partial charge in [-0.1, -0.05) is 19.0 Å². The number of amides is 1. The predicted molar refractivity (Wildman–Crippen MR) is 98.7 cm³/mol. The summed E-state index contributed by atoms with van der Waals surface area (Å²) in [5.41, 5.74) is 2.78. The van der Waals surface area contributed by atoms with Crippen molar-refractivity contribution in [2.75, 3.05) is 6.54 Å². The molecule has 1 aliphatic heterocycles. The Morgan fingerprint density at radius 1 is 1.22 bits per heavy atom. The first kappa shape index (κ1) is 17.5. The van der Waals surface area contributed by atoms with Gasteiger partial charge in [-0.2, -0.15) is 0 Å². The molecular weight excluding hydrogens is 346 g/mol. The van der Waals surface area contributed by atoms with E-state index in [1.54, 1.807) is 11.0 Å². The summed E-state index contributed by atoms with van der Waals surface area (Å²) in [6.45, 7) is 4.58. The number of aromatic nitrogens is 4. The van der Waals surface area contributed by atoms with Crippen LogP contribution >= 0.6 is 0 Å². The zero-order chi connectivity index (χ0) is 19.0. The van der Waals surface area contributed by atoms with E-state index in [0.29, 0.717) is 18.6 Å². The molecule has 8 nitrogen and oxygen atoms in total. The van der Waals surface area contributed by atoms with Gasteiger partial charge < -0.3 is 9.42 Å². The van der Waals surface area contributed by atoms with Crippen molar-refractivity contribution in [3.63, 3.8) is 0 Å². The van der Waals surface area contributed by atoms with Crippen molar-refractivity contribution >= 4 is 11.6 Å². The quantitative estimate of drug-likeness (QED) is 0.762. The van der Waals surface area contributed by atoms with E-state index in [9.17, 15) is 9.59 Å². The smallest absolute Gasteiger partial charge is 0.293 e. The van der Waals surface area contributed by atoms with Crippen molar-refractivity contribution in [2.24, 2.45) is 0 Å². The summed E-state index contributed by atoms with van der Waals surface area (Å²) in [4.78, 5) is 31.6. The van der Waals surface area contributed by atoms with E-state index >= 15 is 0 Å². The molecule has 27 heavy (non-hydrogen) atoms. The highest BCUT2D eigenvalue weighted by Crippen LogP contribution is 2.31. The van der Waals surface area contributed by atoms with Gasteiger partial charge in [-0.05, 0) is 32.1 Å². The Balaban J connectivity index is 1.70. The third-order valence-corrected chi connectivity index (χ3v) is 5.14. The van der Waals surface area contributed by atoms with Gasteiger partial charge in [0.25, 0.3) is 11.5 Å². The van der Waals surface area contributed by atoms with E-state index in [1.807, 2.05) is 19.9 Å². The largest absolute Gasteiger partial charge is 0.351 e. The van der Waals surface area contributed by atoms with Gasteiger partial charge in [-0.3, -0.25) is 14.7 Å². The summed E-state index contributed by atoms with van der Waals surface area (Å²) in [5.74, 6) is 0.0959. The number of nitrogens with one attached hydrogen (secondary N) is 1. The molecule has 4 heterocycles. The topological polar surface area (TPSA) is 96.5 Å². The number of carbonyl (C=O) groups is 1. The summed E-state index contributed by atoms with van der Waals surface area (Å²) >= 11 is 0. The van der Waals surface area contributed by atoms with Crippen LogP contribution in [0, 0.1) is 0 Å². The molecular formula is C19H23N5O3. The summed E-state index contributed by atoms with van der Waals surface area (Å²) < 4.78 is 6.68. The molecule has 3 aromatic heterocycles. The van der Waals surface area contributed by atoms with Crippen LogP contribution in [-0.4, -0.2) is 37.1 Å². The molecule has 1 N–H and O–H groups in total. The first-order valence-corrected chi connectivity index (χ1v) is 9.48. The Kier molecular flexibility index (Phi) is 4.55. The maximum atomic E-state index is 13.0. The number of likely N-dealkylation sites (tertiary alicyclic amines) is 1. The fourth-order valence-corrected chi connectivity index (χ4v) is 3.63. The predicted octanol–water partition coefficient (Wildman–Crippen LogP) is 2.50. The number of nitrogens with zero attached hydrogens (tertiary/aromatic N) is 4. The highest BCUT2D eigenvalue weighted by atomic mass is 16.5. The number of rotatable bonds is 4. The van der Waals surface area contributed by atoms with E-state index in [4.69, 9.17) is 4.52 Å². The first-order valence-electron chi connectivity index (χ1n) is 9.48. The molecule has 0 aromatic carbocycles. The molecule has 0 bridgehead atoms. The van der Waals surface area contributed by atoms with Crippen LogP contribution in [0.4, 0.5) is 0 Å². The van der Waals surface area contributed by atoms with Crippen molar-refractivity contribution in [1.82, 2.24) is 24.7 Å². The van der Waals surface area contributed by atoms with Crippen molar-refractivity contribution in [1.29, 1.82) is 0 Å². The second kappa shape index (κ2) is 7.02. The third-order valence-electron chi connectivity index (χ3n) is 5.14. The molecule has 4 rings (SSSR count). The Bertz CT molecular complexity index is 1030. The molecule has 1 amide bonds. The van der Waals surface area contributed by atoms with Crippen LogP contribution in [0.15, 0.2) is 27.5 Å². The van der Waals surface area contributed by atoms with Crippen LogP contribution in [-0.2, 0) is 12.8 Å². The molecule has 1 fully saturated rings. The van der Waals surface area contributed by atoms with Crippen molar-refractivity contribution in [3.8, 4) is 0 Å². The second-order valence-corrected chi connectivity index (χ2v) is 6.89. The first-order chi connectivity index (χ1) is 13.1. The Hall–Kier alpha value is -2.90. The van der Waals surface area contributed by atoms with E-state index < -0.39 is 0 Å². The SMILES string of the molecule is CCc1cc(C(=O)N2CCCC[C@H]2c2cc3nc(CC)cc(=O)n3[nH]2)on1. The maximum Gasteiger partial charge on any atom is 0.293 e. The lowest BCUT2D eigenvalue weighted by molar-refractivity contribution is 0.0563. The van der Waals surface area contributed by atoms with Gasteiger partial charge in [0.05, 0.1) is 17.4 Å². The monoisotopic (exact) mass is 369 g/mol. The average molecular weight is 369 g/mol. The van der Waals surface area contributed by atoms with Crippen LogP contribution in [0.25, 0.3) is 5.65 Å². The van der Waals surface area contributed by atoms with Gasteiger partial charge >= 0.3 is 0 Å². The molecule has 0 unspecified atom stereocenters. The number of aromatic amines is 1. The van der Waals surface area contributed by atoms with E-state index in [0.717, 1.165) is 42.8 Å². The van der Waals surface area contributed by atoms with Gasteiger partial charge in [0.15, 0.2) is 5.65 Å². The van der Waals surface area contributed by atoms with Gasteiger partial charge in [-0.25, -0.2) is 9.50 Å². The number of H-pyrrole nitrogens is 1. The summed E-state index contributed by atoms with van der Waals surface area (Å²) in [6, 6.07) is 4.97. The molecule has 1 saturated heterocycles. The zero-order valence-corrected chi connectivity index (χ0v) is 15.6. The summed E-state index contributed by atoms with van der Waals surface area (Å²) in [6.07, 6.45) is 4.20. The van der Waals surface area contributed by atoms with Gasteiger partial charge in [-0.15, -0.1) is 0 Å². The van der Waals surface area contributed by atoms with Crippen molar-refractivity contribution in [3.05, 3.63) is 51.4 Å². The van der Waals surface area contributed by atoms with Crippen LogP contribution < -0.4 is 5.56 Å². The molecule has 0 aliphatic carbocycles. The molecule has 0 radical (unpaired) electrons. The van der Waals surface area contributed by atoms with E-state index in [-0.39, 0.29) is 23.3 Å². The van der Waals surface area contributed by atoms with Crippen molar-refractivity contribution < 1.29 is 9.32 Å². The maximum absolute atomic E-state index is 13.0. The standard InChI is InChI=1S/C19H23N5O3/c1-3-12-10-18(25)24-17(20-12)11-14(21-24)15-7-5-6-8-23(15)19(26)16-9-13(4-2)22-27-16/h9-11,15,21H,3-8H2,1-2H3/t15-/m0/s1. The summed E-state index contributed by atoms with van der Waals surface area (Å²) in [5, 5.41) is 7.07. The van der Waals surface area contributed by atoms with Gasteiger partial charge in [0.2, 0.25) is 5.76 Å². The lowest BCUT2D eigenvalue weighted by atomic mass is 9.99. The average Bonchev–Trinajstić information content (AvgIpc) is 3.34. The van der Waals surface area contributed by atoms with Crippen LogP contribution in [0.1, 0.15) is 66.8 Å². The number of piperidine rings is 1. The molecule has 1 aliphatic rings. The molecule has 8 heteroatoms. The minimum Gasteiger partial charge on any atom is -0.351 e. The van der Waals surface area contributed by atoms with E-state index in [1.165, 1.54) is 10.6 Å². The number of fused-ring (bicyclic) bond motifs is 1. The molecule has 0 spiro atoms. The fraction of sp³-hybridized carbons (Fsp3) is 0.474. The van der Waals surface area contributed by atoms with Crippen LogP contribution in [0.2, 0.25) is 0 Å². The lowest BCUT2D eigenvalue weighted by Crippen LogP contribution is -2.38. The molecule has 0 saturated carbocycles. The second-order valence-electron chi connectivity index (χ2n) is 6.89. The lowest BCUT2D eigenvalue weighted by Gasteiger charge is -2.34. The number of carbonyl (C=O) groups excluding carboxylic acids is 1. The van der Waals surface area contributed by atoms with Gasteiger partial charge in [0.1, 0.15) is 0 Å².